The maximum atomic E-state index is 12.2. The van der Waals surface area contributed by atoms with E-state index in [1.54, 1.807) is 18.3 Å². The fourth-order valence-electron chi connectivity index (χ4n) is 3.12. The topological polar surface area (TPSA) is 92.2 Å². The highest BCUT2D eigenvalue weighted by molar-refractivity contribution is 8.15. The first-order valence-electron chi connectivity index (χ1n) is 10.5. The van der Waals surface area contributed by atoms with E-state index in [4.69, 9.17) is 16.3 Å². The average Bonchev–Trinajstić information content (AvgIpc) is 3.18. The first-order chi connectivity index (χ1) is 16.6. The van der Waals surface area contributed by atoms with Crippen molar-refractivity contribution in [3.63, 3.8) is 0 Å². The number of halogens is 1. The minimum absolute atomic E-state index is 0.0346. The fourth-order valence-corrected chi connectivity index (χ4v) is 4.24. The van der Waals surface area contributed by atoms with Gasteiger partial charge in [-0.25, -0.2) is 0 Å². The Morgan fingerprint density at radius 3 is 2.62 bits per heavy atom. The van der Waals surface area contributed by atoms with Crippen molar-refractivity contribution in [3.05, 3.63) is 95.0 Å². The summed E-state index contributed by atoms with van der Waals surface area (Å²) in [6.45, 7) is 0.317. The lowest BCUT2D eigenvalue weighted by atomic mass is 10.2. The number of carbonyl (C=O) groups excluding carboxylic acids is 2. The molecule has 0 aliphatic carbocycles. The molecule has 1 unspecified atom stereocenters. The number of hydrogen-bond donors (Lipinski definition) is 2. The second-order valence-corrected chi connectivity index (χ2v) is 8.88. The Kier molecular flexibility index (Phi) is 7.95. The molecule has 3 aromatic carbocycles. The van der Waals surface area contributed by atoms with Crippen LogP contribution in [0.3, 0.4) is 0 Å². The third-order valence-electron chi connectivity index (χ3n) is 4.81. The molecular weight excluding hydrogens is 472 g/mol. The Hall–Kier alpha value is -3.62. The number of amidine groups is 1. The molecule has 34 heavy (non-hydrogen) atoms. The summed E-state index contributed by atoms with van der Waals surface area (Å²) in [5.41, 5.74) is 2.29. The predicted molar refractivity (Wildman–Crippen MR) is 136 cm³/mol. The predicted octanol–water partition coefficient (Wildman–Crippen LogP) is 4.87. The van der Waals surface area contributed by atoms with Gasteiger partial charge in [0.25, 0.3) is 0 Å². The molecule has 1 aliphatic rings. The van der Waals surface area contributed by atoms with Crippen molar-refractivity contribution in [2.45, 2.75) is 18.3 Å². The monoisotopic (exact) mass is 492 g/mol. The van der Waals surface area contributed by atoms with Gasteiger partial charge in [-0.2, -0.15) is 5.10 Å². The van der Waals surface area contributed by atoms with Crippen LogP contribution in [0, 0.1) is 0 Å². The number of ether oxygens (including phenoxy) is 1. The van der Waals surface area contributed by atoms with Crippen LogP contribution in [0.15, 0.2) is 89.1 Å². The minimum Gasteiger partial charge on any atom is -0.488 e. The molecule has 2 amide bonds. The molecule has 0 aromatic heterocycles. The van der Waals surface area contributed by atoms with Crippen LogP contribution >= 0.6 is 23.4 Å². The summed E-state index contributed by atoms with van der Waals surface area (Å²) in [7, 11) is 0. The molecule has 9 heteroatoms. The van der Waals surface area contributed by atoms with Gasteiger partial charge in [-0.05, 0) is 30.3 Å². The molecule has 0 spiro atoms. The minimum atomic E-state index is -0.566. The molecule has 4 rings (SSSR count). The SMILES string of the molecule is O=C(CC1SC(=NN=Cc2ccccc2OCc2ccccc2Cl)NC1=O)Nc1ccccc1. The largest absolute Gasteiger partial charge is 0.488 e. The smallest absolute Gasteiger partial charge is 0.240 e. The summed E-state index contributed by atoms with van der Waals surface area (Å²) in [6.07, 6.45) is 1.59. The van der Waals surface area contributed by atoms with Crippen LogP contribution in [0.5, 0.6) is 5.75 Å². The highest BCUT2D eigenvalue weighted by Crippen LogP contribution is 2.24. The first-order valence-corrected chi connectivity index (χ1v) is 11.7. The van der Waals surface area contributed by atoms with E-state index < -0.39 is 5.25 Å². The number of anilines is 1. The van der Waals surface area contributed by atoms with E-state index in [0.29, 0.717) is 28.2 Å². The van der Waals surface area contributed by atoms with Gasteiger partial charge in [0.1, 0.15) is 17.6 Å². The quantitative estimate of drug-likeness (QED) is 0.346. The number of rotatable bonds is 8. The summed E-state index contributed by atoms with van der Waals surface area (Å²) >= 11 is 7.37. The van der Waals surface area contributed by atoms with Crippen LogP contribution in [-0.4, -0.2) is 28.4 Å². The van der Waals surface area contributed by atoms with Crippen molar-refractivity contribution >= 4 is 52.2 Å². The summed E-state index contributed by atoms with van der Waals surface area (Å²) in [4.78, 5) is 24.5. The Morgan fingerprint density at radius 2 is 1.79 bits per heavy atom. The van der Waals surface area contributed by atoms with Crippen LogP contribution < -0.4 is 15.4 Å². The Morgan fingerprint density at radius 1 is 1.06 bits per heavy atom. The number of hydrogen-bond acceptors (Lipinski definition) is 6. The van der Waals surface area contributed by atoms with Crippen LogP contribution in [-0.2, 0) is 16.2 Å². The maximum absolute atomic E-state index is 12.2. The standard InChI is InChI=1S/C25H21ClN4O3S/c26-20-12-6-4-9-18(20)16-33-21-13-7-5-8-17(21)15-27-30-25-29-24(32)22(34-25)14-23(31)28-19-10-2-1-3-11-19/h1-13,15,22H,14,16H2,(H,28,31)(H,29,30,32). The van der Waals surface area contributed by atoms with Crippen LogP contribution in [0.1, 0.15) is 17.5 Å². The van der Waals surface area contributed by atoms with Gasteiger partial charge in [0.2, 0.25) is 11.8 Å². The lowest BCUT2D eigenvalue weighted by Gasteiger charge is -2.09. The zero-order valence-corrected chi connectivity index (χ0v) is 19.6. The number of carbonyl (C=O) groups is 2. The summed E-state index contributed by atoms with van der Waals surface area (Å²) < 4.78 is 5.91. The van der Waals surface area contributed by atoms with Gasteiger partial charge in [-0.3, -0.25) is 9.59 Å². The van der Waals surface area contributed by atoms with E-state index in [-0.39, 0.29) is 18.2 Å². The number of para-hydroxylation sites is 2. The van der Waals surface area contributed by atoms with Gasteiger partial charge in [0.15, 0.2) is 5.17 Å². The van der Waals surface area contributed by atoms with Crippen molar-refractivity contribution in [1.82, 2.24) is 5.32 Å². The number of thioether (sulfide) groups is 1. The molecule has 7 nitrogen and oxygen atoms in total. The molecule has 172 valence electrons. The van der Waals surface area contributed by atoms with Crippen molar-refractivity contribution in [2.75, 3.05) is 5.32 Å². The number of benzene rings is 3. The molecule has 0 saturated carbocycles. The molecule has 1 atom stereocenters. The van der Waals surface area contributed by atoms with E-state index in [0.717, 1.165) is 11.1 Å². The van der Waals surface area contributed by atoms with Crippen LogP contribution in [0.2, 0.25) is 5.02 Å². The lowest BCUT2D eigenvalue weighted by molar-refractivity contribution is -0.122. The Labute approximate surface area is 206 Å². The van der Waals surface area contributed by atoms with Crippen molar-refractivity contribution in [3.8, 4) is 5.75 Å². The van der Waals surface area contributed by atoms with E-state index in [2.05, 4.69) is 20.8 Å². The highest BCUT2D eigenvalue weighted by atomic mass is 35.5. The third-order valence-corrected chi connectivity index (χ3v) is 6.25. The Bertz CT molecular complexity index is 1230. The highest BCUT2D eigenvalue weighted by Gasteiger charge is 2.32. The molecule has 1 heterocycles. The van der Waals surface area contributed by atoms with Crippen molar-refractivity contribution < 1.29 is 14.3 Å². The number of nitrogens with zero attached hydrogens (tertiary/aromatic N) is 2. The average molecular weight is 493 g/mol. The molecule has 0 bridgehead atoms. The summed E-state index contributed by atoms with van der Waals surface area (Å²) in [5, 5.41) is 14.0. The molecule has 2 N–H and O–H groups in total. The summed E-state index contributed by atoms with van der Waals surface area (Å²) in [6, 6.07) is 24.0. The Balaban J connectivity index is 1.34. The molecule has 0 radical (unpaired) electrons. The van der Waals surface area contributed by atoms with E-state index in [1.165, 1.54) is 11.8 Å². The molecule has 1 saturated heterocycles. The van der Waals surface area contributed by atoms with Gasteiger partial charge in [-0.1, -0.05) is 71.9 Å². The van der Waals surface area contributed by atoms with Crippen molar-refractivity contribution in [2.24, 2.45) is 10.2 Å². The van der Waals surface area contributed by atoms with Gasteiger partial charge in [0.05, 0.1) is 6.21 Å². The van der Waals surface area contributed by atoms with Crippen LogP contribution in [0.4, 0.5) is 5.69 Å². The molecule has 1 aliphatic heterocycles. The summed E-state index contributed by atoms with van der Waals surface area (Å²) in [5.74, 6) is 0.115. The van der Waals surface area contributed by atoms with Gasteiger partial charge in [0, 0.05) is 28.3 Å². The molecular formula is C25H21ClN4O3S. The van der Waals surface area contributed by atoms with Crippen LogP contribution in [0.25, 0.3) is 0 Å². The third kappa shape index (κ3) is 6.46. The zero-order valence-electron chi connectivity index (χ0n) is 18.0. The van der Waals surface area contributed by atoms with E-state index in [9.17, 15) is 9.59 Å². The van der Waals surface area contributed by atoms with Gasteiger partial charge in [-0.15, -0.1) is 5.10 Å². The number of amides is 2. The second-order valence-electron chi connectivity index (χ2n) is 7.28. The first kappa shape index (κ1) is 23.5. The fraction of sp³-hybridized carbons (Fsp3) is 0.120. The van der Waals surface area contributed by atoms with E-state index in [1.807, 2.05) is 66.7 Å². The van der Waals surface area contributed by atoms with Gasteiger partial charge < -0.3 is 15.4 Å². The normalized spacial score (nSPS) is 16.6. The zero-order chi connectivity index (χ0) is 23.8. The van der Waals surface area contributed by atoms with Crippen molar-refractivity contribution in [1.29, 1.82) is 0 Å². The van der Waals surface area contributed by atoms with E-state index >= 15 is 0 Å². The van der Waals surface area contributed by atoms with Gasteiger partial charge >= 0.3 is 0 Å². The molecule has 1 fully saturated rings. The lowest BCUT2D eigenvalue weighted by Crippen LogP contribution is -2.28. The second kappa shape index (κ2) is 11.5. The number of nitrogens with one attached hydrogen (secondary N) is 2. The maximum Gasteiger partial charge on any atom is 0.240 e. The molecule has 3 aromatic rings.